The van der Waals surface area contributed by atoms with E-state index in [4.69, 9.17) is 27.4 Å². The Kier molecular flexibility index (Phi) is 4.35. The molecule has 0 aliphatic carbocycles. The van der Waals surface area contributed by atoms with Crippen molar-refractivity contribution in [2.24, 2.45) is 5.73 Å². The summed E-state index contributed by atoms with van der Waals surface area (Å²) in [6.45, 7) is 8.88. The molecule has 1 atom stereocenters. The van der Waals surface area contributed by atoms with E-state index in [1.807, 2.05) is 26.0 Å². The molecule has 3 nitrogen and oxygen atoms in total. The summed E-state index contributed by atoms with van der Waals surface area (Å²) in [6.07, 6.45) is 2.31. The second-order valence-corrected chi connectivity index (χ2v) is 6.59. The topological polar surface area (TPSA) is 44.5 Å². The maximum atomic E-state index is 5.97. The Morgan fingerprint density at radius 2 is 2.00 bits per heavy atom. The quantitative estimate of drug-likeness (QED) is 0.865. The highest BCUT2D eigenvalue weighted by Crippen LogP contribution is 2.31. The number of rotatable bonds is 4. The van der Waals surface area contributed by atoms with Gasteiger partial charge in [0.1, 0.15) is 17.3 Å². The predicted molar refractivity (Wildman–Crippen MR) is 85.5 cm³/mol. The summed E-state index contributed by atoms with van der Waals surface area (Å²) in [7, 11) is 0. The molecule has 2 rings (SSSR count). The smallest absolute Gasteiger partial charge is 0.125 e. The van der Waals surface area contributed by atoms with Gasteiger partial charge in [0.05, 0.1) is 11.7 Å². The van der Waals surface area contributed by atoms with Gasteiger partial charge >= 0.3 is 0 Å². The van der Waals surface area contributed by atoms with Gasteiger partial charge < -0.3 is 15.2 Å². The van der Waals surface area contributed by atoms with Crippen LogP contribution in [0.1, 0.15) is 43.4 Å². The third-order valence-electron chi connectivity index (χ3n) is 3.71. The van der Waals surface area contributed by atoms with E-state index in [-0.39, 0.29) is 11.7 Å². The molecule has 1 heterocycles. The molecule has 1 saturated heterocycles. The molecule has 1 aromatic carbocycles. The number of thiocarbonyl (C=S) groups is 1. The highest BCUT2D eigenvalue weighted by Gasteiger charge is 2.32. The van der Waals surface area contributed by atoms with Crippen LogP contribution in [0.15, 0.2) is 12.1 Å². The van der Waals surface area contributed by atoms with E-state index in [2.05, 4.69) is 13.8 Å². The van der Waals surface area contributed by atoms with E-state index in [1.165, 1.54) is 0 Å². The van der Waals surface area contributed by atoms with Crippen LogP contribution < -0.4 is 10.5 Å². The third-order valence-corrected chi connectivity index (χ3v) is 3.95. The Hall–Kier alpha value is -1.13. The van der Waals surface area contributed by atoms with Gasteiger partial charge in [-0.1, -0.05) is 12.2 Å². The van der Waals surface area contributed by atoms with E-state index in [0.29, 0.717) is 11.6 Å². The van der Waals surface area contributed by atoms with Gasteiger partial charge in [0.2, 0.25) is 0 Å². The van der Waals surface area contributed by atoms with Crippen LogP contribution in [0.5, 0.6) is 5.75 Å². The van der Waals surface area contributed by atoms with Gasteiger partial charge in [-0.15, -0.1) is 0 Å². The number of benzene rings is 1. The van der Waals surface area contributed by atoms with Crippen LogP contribution in [0, 0.1) is 13.8 Å². The molecule has 110 valence electrons. The van der Waals surface area contributed by atoms with Crippen molar-refractivity contribution in [3.8, 4) is 5.75 Å². The average molecular weight is 293 g/mol. The minimum atomic E-state index is -0.0201. The number of hydrogen-bond donors (Lipinski definition) is 1. The minimum absolute atomic E-state index is 0.0201. The lowest BCUT2D eigenvalue weighted by Crippen LogP contribution is -2.24. The Morgan fingerprint density at radius 1 is 1.40 bits per heavy atom. The molecule has 0 radical (unpaired) electrons. The molecule has 0 saturated carbocycles. The molecule has 0 spiro atoms. The van der Waals surface area contributed by atoms with Crippen molar-refractivity contribution >= 4 is 17.2 Å². The number of nitrogens with two attached hydrogens (primary N) is 1. The van der Waals surface area contributed by atoms with Crippen molar-refractivity contribution in [1.29, 1.82) is 0 Å². The van der Waals surface area contributed by atoms with Gasteiger partial charge in [-0.3, -0.25) is 0 Å². The maximum absolute atomic E-state index is 5.97. The summed E-state index contributed by atoms with van der Waals surface area (Å²) in [5.74, 6) is 0.915. The van der Waals surface area contributed by atoms with Crippen molar-refractivity contribution in [3.63, 3.8) is 0 Å². The van der Waals surface area contributed by atoms with Gasteiger partial charge in [-0.25, -0.2) is 0 Å². The van der Waals surface area contributed by atoms with Gasteiger partial charge in [-0.05, 0) is 63.8 Å². The first-order valence-electron chi connectivity index (χ1n) is 7.00. The van der Waals surface area contributed by atoms with E-state index in [1.54, 1.807) is 0 Å². The lowest BCUT2D eigenvalue weighted by Gasteiger charge is -2.20. The summed E-state index contributed by atoms with van der Waals surface area (Å²) in [4.78, 5) is 0.420. The maximum Gasteiger partial charge on any atom is 0.125 e. The van der Waals surface area contributed by atoms with Crippen LogP contribution in [0.3, 0.4) is 0 Å². The molecule has 0 bridgehead atoms. The van der Waals surface area contributed by atoms with Crippen LogP contribution in [0.2, 0.25) is 0 Å². The Balaban J connectivity index is 2.05. The average Bonchev–Trinajstić information content (AvgIpc) is 2.67. The zero-order valence-electron chi connectivity index (χ0n) is 12.7. The summed E-state index contributed by atoms with van der Waals surface area (Å²) in [6, 6.07) is 3.95. The molecule has 0 amide bonds. The first-order chi connectivity index (χ1) is 9.28. The third kappa shape index (κ3) is 3.49. The number of hydrogen-bond acceptors (Lipinski definition) is 3. The SMILES string of the molecule is Cc1cc(C(N)=S)cc(C)c1OCC1CCC(C)(C)O1. The molecule has 4 heteroatoms. The summed E-state index contributed by atoms with van der Waals surface area (Å²) in [5.41, 5.74) is 8.67. The monoisotopic (exact) mass is 293 g/mol. The molecule has 1 fully saturated rings. The van der Waals surface area contributed by atoms with Crippen LogP contribution >= 0.6 is 12.2 Å². The van der Waals surface area contributed by atoms with Crippen molar-refractivity contribution in [2.45, 2.75) is 52.2 Å². The summed E-state index contributed by atoms with van der Waals surface area (Å²) >= 11 is 5.02. The van der Waals surface area contributed by atoms with E-state index < -0.39 is 0 Å². The first-order valence-corrected chi connectivity index (χ1v) is 7.41. The lowest BCUT2D eigenvalue weighted by atomic mass is 10.1. The number of aryl methyl sites for hydroxylation is 2. The fourth-order valence-corrected chi connectivity index (χ4v) is 2.81. The largest absolute Gasteiger partial charge is 0.490 e. The van der Waals surface area contributed by atoms with Crippen molar-refractivity contribution in [1.82, 2.24) is 0 Å². The van der Waals surface area contributed by atoms with E-state index in [9.17, 15) is 0 Å². The number of ether oxygens (including phenoxy) is 2. The normalized spacial score (nSPS) is 20.9. The Morgan fingerprint density at radius 3 is 2.45 bits per heavy atom. The standard InChI is InChI=1S/C16H23NO2S/c1-10-7-12(15(17)20)8-11(2)14(10)18-9-13-5-6-16(3,4)19-13/h7-8,13H,5-6,9H2,1-4H3,(H2,17,20). The van der Waals surface area contributed by atoms with Crippen molar-refractivity contribution in [2.75, 3.05) is 6.61 Å². The molecule has 1 aliphatic rings. The Bertz CT molecular complexity index is 502. The molecule has 0 aromatic heterocycles. The van der Waals surface area contributed by atoms with E-state index in [0.717, 1.165) is 35.3 Å². The van der Waals surface area contributed by atoms with Gasteiger partial charge in [0.15, 0.2) is 0 Å². The first kappa shape index (κ1) is 15.3. The summed E-state index contributed by atoms with van der Waals surface area (Å²) in [5, 5.41) is 0. The molecule has 1 unspecified atom stereocenters. The fourth-order valence-electron chi connectivity index (χ4n) is 2.69. The summed E-state index contributed by atoms with van der Waals surface area (Å²) < 4.78 is 11.9. The minimum Gasteiger partial charge on any atom is -0.490 e. The van der Waals surface area contributed by atoms with Crippen LogP contribution in [-0.4, -0.2) is 23.3 Å². The van der Waals surface area contributed by atoms with Crippen molar-refractivity contribution in [3.05, 3.63) is 28.8 Å². The van der Waals surface area contributed by atoms with Crippen molar-refractivity contribution < 1.29 is 9.47 Å². The zero-order chi connectivity index (χ0) is 14.9. The molecular weight excluding hydrogens is 270 g/mol. The van der Waals surface area contributed by atoms with E-state index >= 15 is 0 Å². The molecule has 2 N–H and O–H groups in total. The molecule has 1 aliphatic heterocycles. The molecule has 20 heavy (non-hydrogen) atoms. The molecular formula is C16H23NO2S. The van der Waals surface area contributed by atoms with Crippen LogP contribution in [0.25, 0.3) is 0 Å². The molecule has 1 aromatic rings. The zero-order valence-corrected chi connectivity index (χ0v) is 13.5. The lowest BCUT2D eigenvalue weighted by molar-refractivity contribution is -0.0328. The van der Waals surface area contributed by atoms with Crippen LogP contribution in [0.4, 0.5) is 0 Å². The van der Waals surface area contributed by atoms with Gasteiger partial charge in [-0.2, -0.15) is 0 Å². The second-order valence-electron chi connectivity index (χ2n) is 6.15. The highest BCUT2D eigenvalue weighted by molar-refractivity contribution is 7.80. The van der Waals surface area contributed by atoms with Gasteiger partial charge in [0, 0.05) is 5.56 Å². The second kappa shape index (κ2) is 5.70. The highest BCUT2D eigenvalue weighted by atomic mass is 32.1. The Labute approximate surface area is 126 Å². The van der Waals surface area contributed by atoms with Crippen LogP contribution in [-0.2, 0) is 4.74 Å². The predicted octanol–water partition coefficient (Wildman–Crippen LogP) is 3.27. The van der Waals surface area contributed by atoms with Gasteiger partial charge in [0.25, 0.3) is 0 Å². The fraction of sp³-hybridized carbons (Fsp3) is 0.562.